The zero-order valence-electron chi connectivity index (χ0n) is 8.80. The van der Waals surface area contributed by atoms with Gasteiger partial charge in [0, 0.05) is 30.4 Å². The topological polar surface area (TPSA) is 41.9 Å². The fourth-order valence-corrected chi connectivity index (χ4v) is 1.93. The summed E-state index contributed by atoms with van der Waals surface area (Å²) in [6.45, 7) is 0.712. The Labute approximate surface area is 103 Å². The molecule has 4 nitrogen and oxygen atoms in total. The van der Waals surface area contributed by atoms with Gasteiger partial charge in [-0.25, -0.2) is 15.0 Å². The van der Waals surface area contributed by atoms with Gasteiger partial charge in [0.25, 0.3) is 0 Å². The number of nitrogens with zero attached hydrogens (tertiary/aromatic N) is 4. The fourth-order valence-electron chi connectivity index (χ4n) is 1.24. The second-order valence-corrected chi connectivity index (χ2v) is 4.35. The summed E-state index contributed by atoms with van der Waals surface area (Å²) in [4.78, 5) is 14.6. The summed E-state index contributed by atoms with van der Waals surface area (Å²) in [6.07, 6.45) is 3.49. The van der Waals surface area contributed by atoms with Crippen LogP contribution < -0.4 is 4.90 Å². The van der Waals surface area contributed by atoms with Gasteiger partial charge in [0.1, 0.15) is 0 Å². The van der Waals surface area contributed by atoms with Crippen LogP contribution in [-0.4, -0.2) is 22.0 Å². The summed E-state index contributed by atoms with van der Waals surface area (Å²) < 4.78 is 0. The van der Waals surface area contributed by atoms with Gasteiger partial charge in [-0.1, -0.05) is 0 Å². The first-order valence-corrected chi connectivity index (χ1v) is 6.22. The number of alkyl halides is 1. The molecule has 2 aromatic heterocycles. The third-order valence-corrected chi connectivity index (χ3v) is 3.01. The molecule has 0 saturated carbocycles. The second kappa shape index (κ2) is 5.23. The molecule has 16 heavy (non-hydrogen) atoms. The molecule has 0 N–H and O–H groups in total. The van der Waals surface area contributed by atoms with E-state index in [4.69, 9.17) is 11.6 Å². The lowest BCUT2D eigenvalue weighted by Crippen LogP contribution is -2.19. The molecule has 0 fully saturated rings. The summed E-state index contributed by atoms with van der Waals surface area (Å²) in [5, 5.41) is 2.02. The Balaban J connectivity index is 2.05. The molecular weight excluding hydrogens is 244 g/mol. The van der Waals surface area contributed by atoms with E-state index in [-0.39, 0.29) is 0 Å². The van der Waals surface area contributed by atoms with Crippen molar-refractivity contribution in [2.75, 3.05) is 11.9 Å². The zero-order valence-corrected chi connectivity index (χ0v) is 10.4. The number of thiazole rings is 1. The van der Waals surface area contributed by atoms with Crippen LogP contribution in [0.25, 0.3) is 0 Å². The summed E-state index contributed by atoms with van der Waals surface area (Å²) in [5.74, 6) is 1.12. The van der Waals surface area contributed by atoms with Crippen molar-refractivity contribution in [1.82, 2.24) is 15.0 Å². The Morgan fingerprint density at radius 2 is 2.06 bits per heavy atom. The van der Waals surface area contributed by atoms with Crippen LogP contribution >= 0.6 is 22.9 Å². The van der Waals surface area contributed by atoms with E-state index in [2.05, 4.69) is 15.0 Å². The lowest BCUT2D eigenvalue weighted by Gasteiger charge is -2.15. The van der Waals surface area contributed by atoms with Crippen LogP contribution in [0.1, 0.15) is 11.3 Å². The molecule has 2 aromatic rings. The van der Waals surface area contributed by atoms with Gasteiger partial charge in [0.2, 0.25) is 5.95 Å². The van der Waals surface area contributed by atoms with Gasteiger partial charge in [-0.05, 0) is 0 Å². The zero-order chi connectivity index (χ0) is 11.4. The monoisotopic (exact) mass is 254 g/mol. The molecule has 0 amide bonds. The maximum Gasteiger partial charge on any atom is 0.225 e. The predicted octanol–water partition coefficient (Wildman–Crippen LogP) is 2.31. The molecule has 0 atom stereocenters. The molecule has 2 heterocycles. The quantitative estimate of drug-likeness (QED) is 0.786. The molecule has 0 radical (unpaired) electrons. The smallest absolute Gasteiger partial charge is 0.225 e. The lowest BCUT2D eigenvalue weighted by molar-refractivity contribution is 0.844. The van der Waals surface area contributed by atoms with Crippen LogP contribution in [-0.2, 0) is 12.4 Å². The van der Waals surface area contributed by atoms with Crippen LogP contribution in [0.3, 0.4) is 0 Å². The fraction of sp³-hybridized carbons (Fsp3) is 0.300. The average molecular weight is 255 g/mol. The molecule has 0 bridgehead atoms. The number of aromatic nitrogens is 3. The number of halogens is 1. The van der Waals surface area contributed by atoms with Gasteiger partial charge in [-0.2, -0.15) is 0 Å². The summed E-state index contributed by atoms with van der Waals surface area (Å²) >= 11 is 7.26. The Morgan fingerprint density at radius 1 is 1.31 bits per heavy atom. The van der Waals surface area contributed by atoms with Crippen molar-refractivity contribution in [2.45, 2.75) is 12.4 Å². The van der Waals surface area contributed by atoms with Gasteiger partial charge >= 0.3 is 0 Å². The normalized spacial score (nSPS) is 10.4. The largest absolute Gasteiger partial charge is 0.338 e. The van der Waals surface area contributed by atoms with Crippen molar-refractivity contribution in [2.24, 2.45) is 0 Å². The maximum atomic E-state index is 5.67. The van der Waals surface area contributed by atoms with Crippen molar-refractivity contribution < 1.29 is 0 Å². The van der Waals surface area contributed by atoms with Crippen LogP contribution in [0.4, 0.5) is 5.95 Å². The van der Waals surface area contributed by atoms with Crippen LogP contribution in [0.15, 0.2) is 23.3 Å². The van der Waals surface area contributed by atoms with E-state index in [0.29, 0.717) is 18.4 Å². The Kier molecular flexibility index (Phi) is 3.69. The molecule has 0 aliphatic heterocycles. The third-order valence-electron chi connectivity index (χ3n) is 2.07. The number of anilines is 1. The van der Waals surface area contributed by atoms with Crippen molar-refractivity contribution in [3.63, 3.8) is 0 Å². The molecule has 6 heteroatoms. The highest BCUT2D eigenvalue weighted by molar-refractivity contribution is 7.07. The Hall–Kier alpha value is -1.20. The predicted molar refractivity (Wildman–Crippen MR) is 65.8 cm³/mol. The lowest BCUT2D eigenvalue weighted by atomic mass is 10.4. The highest BCUT2D eigenvalue weighted by atomic mass is 35.5. The van der Waals surface area contributed by atoms with Crippen LogP contribution in [0, 0.1) is 0 Å². The number of hydrogen-bond donors (Lipinski definition) is 0. The summed E-state index contributed by atoms with van der Waals surface area (Å²) in [6, 6.07) is 0. The minimum Gasteiger partial charge on any atom is -0.338 e. The Morgan fingerprint density at radius 3 is 2.62 bits per heavy atom. The standard InChI is InChI=1S/C10H11ClN4S/c1-15(5-9-6-16-7-14-9)10-12-3-8(2-11)4-13-10/h3-4,6-7H,2,5H2,1H3. The molecule has 0 spiro atoms. The summed E-state index contributed by atoms with van der Waals surface area (Å²) in [5.41, 5.74) is 3.77. The van der Waals surface area contributed by atoms with Crippen molar-refractivity contribution in [1.29, 1.82) is 0 Å². The first-order chi connectivity index (χ1) is 7.79. The van der Waals surface area contributed by atoms with Gasteiger partial charge in [-0.3, -0.25) is 0 Å². The van der Waals surface area contributed by atoms with E-state index < -0.39 is 0 Å². The van der Waals surface area contributed by atoms with Gasteiger partial charge in [-0.15, -0.1) is 22.9 Å². The second-order valence-electron chi connectivity index (χ2n) is 3.36. The van der Waals surface area contributed by atoms with Gasteiger partial charge < -0.3 is 4.90 Å². The van der Waals surface area contributed by atoms with E-state index in [9.17, 15) is 0 Å². The van der Waals surface area contributed by atoms with Crippen LogP contribution in [0.2, 0.25) is 0 Å². The molecule has 0 aromatic carbocycles. The number of hydrogen-bond acceptors (Lipinski definition) is 5. The minimum atomic E-state index is 0.441. The van der Waals surface area contributed by atoms with Crippen molar-refractivity contribution in [3.05, 3.63) is 34.5 Å². The number of rotatable bonds is 4. The molecule has 0 saturated heterocycles. The van der Waals surface area contributed by atoms with Crippen molar-refractivity contribution >= 4 is 28.9 Å². The van der Waals surface area contributed by atoms with E-state index in [1.54, 1.807) is 23.7 Å². The third kappa shape index (κ3) is 2.68. The molecule has 0 unspecified atom stereocenters. The molecular formula is C10H11ClN4S. The van der Waals surface area contributed by atoms with E-state index in [1.807, 2.05) is 22.8 Å². The Bertz CT molecular complexity index is 429. The molecule has 2 rings (SSSR count). The maximum absolute atomic E-state index is 5.67. The van der Waals surface area contributed by atoms with Crippen molar-refractivity contribution in [3.8, 4) is 0 Å². The highest BCUT2D eigenvalue weighted by Gasteiger charge is 2.06. The van der Waals surface area contributed by atoms with E-state index in [0.717, 1.165) is 11.3 Å². The minimum absolute atomic E-state index is 0.441. The van der Waals surface area contributed by atoms with Gasteiger partial charge in [0.05, 0.1) is 23.6 Å². The van der Waals surface area contributed by atoms with E-state index in [1.165, 1.54) is 0 Å². The van der Waals surface area contributed by atoms with E-state index >= 15 is 0 Å². The molecule has 0 aliphatic rings. The first kappa shape index (κ1) is 11.3. The SMILES string of the molecule is CN(Cc1cscn1)c1ncc(CCl)cn1. The molecule has 0 aliphatic carbocycles. The van der Waals surface area contributed by atoms with Crippen LogP contribution in [0.5, 0.6) is 0 Å². The molecule has 84 valence electrons. The average Bonchev–Trinajstić information content (AvgIpc) is 2.82. The first-order valence-electron chi connectivity index (χ1n) is 4.74. The summed E-state index contributed by atoms with van der Waals surface area (Å²) in [7, 11) is 1.94. The van der Waals surface area contributed by atoms with Gasteiger partial charge in [0.15, 0.2) is 0 Å². The highest BCUT2D eigenvalue weighted by Crippen LogP contribution is 2.10.